The van der Waals surface area contributed by atoms with Crippen LogP contribution in [0.5, 0.6) is 0 Å². The number of amides is 2. The van der Waals surface area contributed by atoms with Gasteiger partial charge in [-0.2, -0.15) is 5.10 Å². The number of nitrogens with one attached hydrogen (secondary N) is 1. The highest BCUT2D eigenvalue weighted by Gasteiger charge is 2.13. The van der Waals surface area contributed by atoms with Crippen LogP contribution in [0, 0.1) is 6.92 Å². The minimum absolute atomic E-state index is 0.154. The monoisotopic (exact) mass is 329 g/mol. The van der Waals surface area contributed by atoms with Crippen molar-refractivity contribution in [1.29, 1.82) is 0 Å². The number of hydrogen-bond donors (Lipinski definition) is 1. The Morgan fingerprint density at radius 2 is 2.00 bits per heavy atom. The molecule has 0 saturated carbocycles. The largest absolute Gasteiger partial charge is 0.460 e. The van der Waals surface area contributed by atoms with Gasteiger partial charge in [0.2, 0.25) is 0 Å². The lowest BCUT2D eigenvalue weighted by Crippen LogP contribution is -2.36. The van der Waals surface area contributed by atoms with E-state index in [1.54, 1.807) is 12.1 Å². The number of nitrogens with zero attached hydrogens (tertiary/aromatic N) is 2. The Labute approximate surface area is 139 Å². The van der Waals surface area contributed by atoms with Crippen LogP contribution in [0.15, 0.2) is 52.0 Å². The molecule has 0 radical (unpaired) electrons. The van der Waals surface area contributed by atoms with Crippen LogP contribution in [0.4, 0.5) is 4.79 Å². The molecule has 1 N–H and O–H groups in total. The summed E-state index contributed by atoms with van der Waals surface area (Å²) < 4.78 is 10.4. The number of furan rings is 1. The molecule has 1 aromatic heterocycles. The topological polar surface area (TPSA) is 84.1 Å². The van der Waals surface area contributed by atoms with Gasteiger partial charge in [0.05, 0.1) is 6.21 Å². The van der Waals surface area contributed by atoms with E-state index in [-0.39, 0.29) is 13.2 Å². The summed E-state index contributed by atoms with van der Waals surface area (Å²) in [5, 5.41) is 3.76. The number of carbonyl (C=O) groups is 2. The smallest absolute Gasteiger partial charge is 0.410 e. The van der Waals surface area contributed by atoms with E-state index < -0.39 is 12.0 Å². The van der Waals surface area contributed by atoms with Crippen LogP contribution in [0.2, 0.25) is 0 Å². The molecule has 0 atom stereocenters. The Hall–Kier alpha value is -3.09. The van der Waals surface area contributed by atoms with Gasteiger partial charge in [-0.25, -0.2) is 10.2 Å². The quantitative estimate of drug-likeness (QED) is 0.651. The molecule has 2 rings (SSSR count). The van der Waals surface area contributed by atoms with Crippen LogP contribution in [0.3, 0.4) is 0 Å². The lowest BCUT2D eigenvalue weighted by atomic mass is 10.2. The van der Waals surface area contributed by atoms with E-state index in [2.05, 4.69) is 10.5 Å². The summed E-state index contributed by atoms with van der Waals surface area (Å²) in [6.45, 7) is 1.80. The van der Waals surface area contributed by atoms with Crippen molar-refractivity contribution in [2.24, 2.45) is 5.10 Å². The number of likely N-dealkylation sites (N-methyl/N-ethyl adjacent to an activating group) is 1. The van der Waals surface area contributed by atoms with Crippen LogP contribution >= 0.6 is 0 Å². The summed E-state index contributed by atoms with van der Waals surface area (Å²) in [7, 11) is 1.48. The van der Waals surface area contributed by atoms with E-state index in [4.69, 9.17) is 9.15 Å². The summed E-state index contributed by atoms with van der Waals surface area (Å²) in [4.78, 5) is 24.7. The fourth-order valence-corrected chi connectivity index (χ4v) is 1.84. The lowest BCUT2D eigenvalue weighted by molar-refractivity contribution is -0.121. The zero-order valence-electron chi connectivity index (χ0n) is 13.6. The minimum Gasteiger partial charge on any atom is -0.460 e. The summed E-state index contributed by atoms with van der Waals surface area (Å²) in [5.41, 5.74) is 3.20. The first-order valence-electron chi connectivity index (χ1n) is 7.35. The van der Waals surface area contributed by atoms with E-state index in [0.29, 0.717) is 5.76 Å². The Bertz CT molecular complexity index is 710. The molecular formula is C17H19N3O4. The number of ether oxygens (including phenoxy) is 1. The van der Waals surface area contributed by atoms with Crippen molar-refractivity contribution in [3.63, 3.8) is 0 Å². The first-order valence-corrected chi connectivity index (χ1v) is 7.35. The first-order chi connectivity index (χ1) is 11.5. The second-order valence-corrected chi connectivity index (χ2v) is 5.14. The van der Waals surface area contributed by atoms with Crippen molar-refractivity contribution < 1.29 is 18.7 Å². The molecule has 0 saturated heterocycles. The molecule has 7 heteroatoms. The number of aryl methyl sites for hydroxylation is 1. The molecule has 1 aromatic carbocycles. The molecule has 0 fully saturated rings. The Morgan fingerprint density at radius 1 is 1.25 bits per heavy atom. The van der Waals surface area contributed by atoms with Gasteiger partial charge in [-0.05, 0) is 24.6 Å². The van der Waals surface area contributed by atoms with Gasteiger partial charge in [-0.15, -0.1) is 0 Å². The maximum absolute atomic E-state index is 11.8. The zero-order valence-corrected chi connectivity index (χ0v) is 13.6. The van der Waals surface area contributed by atoms with Crippen molar-refractivity contribution in [3.8, 4) is 0 Å². The molecule has 24 heavy (non-hydrogen) atoms. The minimum atomic E-state index is -0.584. The number of hydrazone groups is 1. The lowest BCUT2D eigenvalue weighted by Gasteiger charge is -2.15. The third-order valence-corrected chi connectivity index (χ3v) is 3.04. The molecule has 1 heterocycles. The van der Waals surface area contributed by atoms with Gasteiger partial charge in [-0.3, -0.25) is 4.79 Å². The second kappa shape index (κ2) is 8.52. The van der Waals surface area contributed by atoms with Crippen molar-refractivity contribution in [3.05, 3.63) is 59.5 Å². The van der Waals surface area contributed by atoms with E-state index >= 15 is 0 Å². The molecule has 0 spiro atoms. The van der Waals surface area contributed by atoms with Gasteiger partial charge in [0, 0.05) is 7.05 Å². The van der Waals surface area contributed by atoms with E-state index in [0.717, 1.165) is 11.3 Å². The third-order valence-electron chi connectivity index (χ3n) is 3.04. The number of benzene rings is 1. The molecule has 126 valence electrons. The molecule has 0 aliphatic heterocycles. The average molecular weight is 329 g/mol. The number of hydrogen-bond acceptors (Lipinski definition) is 5. The van der Waals surface area contributed by atoms with E-state index in [1.807, 2.05) is 37.3 Å². The Kier molecular flexibility index (Phi) is 6.13. The summed E-state index contributed by atoms with van der Waals surface area (Å²) in [6, 6.07) is 12.8. The van der Waals surface area contributed by atoms with E-state index in [1.165, 1.54) is 18.2 Å². The van der Waals surface area contributed by atoms with Gasteiger partial charge in [-0.1, -0.05) is 30.3 Å². The zero-order chi connectivity index (χ0) is 17.4. The molecule has 2 aromatic rings. The molecular weight excluding hydrogens is 310 g/mol. The van der Waals surface area contributed by atoms with Crippen molar-refractivity contribution in [2.75, 3.05) is 13.6 Å². The molecule has 0 aliphatic rings. The van der Waals surface area contributed by atoms with Crippen molar-refractivity contribution >= 4 is 18.2 Å². The Morgan fingerprint density at radius 3 is 2.67 bits per heavy atom. The highest BCUT2D eigenvalue weighted by molar-refractivity contribution is 5.83. The Balaban J connectivity index is 1.72. The van der Waals surface area contributed by atoms with Crippen LogP contribution < -0.4 is 5.43 Å². The van der Waals surface area contributed by atoms with Crippen molar-refractivity contribution in [1.82, 2.24) is 10.3 Å². The standard InChI is InChI=1S/C17H19N3O4/c1-13-8-9-15(24-13)10-18-19-16(21)11-20(2)17(22)23-12-14-6-4-3-5-7-14/h3-10H,11-12H2,1-2H3,(H,19,21)/b18-10+. The predicted molar refractivity (Wildman–Crippen MR) is 88.4 cm³/mol. The maximum atomic E-state index is 11.8. The fraction of sp³-hybridized carbons (Fsp3) is 0.235. The molecule has 2 amide bonds. The maximum Gasteiger partial charge on any atom is 0.410 e. The summed E-state index contributed by atoms with van der Waals surface area (Å²) >= 11 is 0. The van der Waals surface area contributed by atoms with Gasteiger partial charge in [0.25, 0.3) is 5.91 Å². The normalized spacial score (nSPS) is 10.6. The highest BCUT2D eigenvalue weighted by Crippen LogP contribution is 2.03. The van der Waals surface area contributed by atoms with Crippen LogP contribution in [-0.2, 0) is 16.1 Å². The third kappa shape index (κ3) is 5.60. The van der Waals surface area contributed by atoms with Gasteiger partial charge in [0.15, 0.2) is 0 Å². The molecule has 0 aliphatic carbocycles. The van der Waals surface area contributed by atoms with Gasteiger partial charge >= 0.3 is 6.09 Å². The van der Waals surface area contributed by atoms with Crippen LogP contribution in [0.1, 0.15) is 17.1 Å². The SMILES string of the molecule is Cc1ccc(/C=N/NC(=O)CN(C)C(=O)OCc2ccccc2)o1. The fourth-order valence-electron chi connectivity index (χ4n) is 1.84. The van der Waals surface area contributed by atoms with E-state index in [9.17, 15) is 9.59 Å². The van der Waals surface area contributed by atoms with Gasteiger partial charge in [0.1, 0.15) is 24.7 Å². The van der Waals surface area contributed by atoms with Gasteiger partial charge < -0.3 is 14.1 Å². The number of rotatable bonds is 6. The average Bonchev–Trinajstić information content (AvgIpc) is 2.98. The first kappa shape index (κ1) is 17.3. The van der Waals surface area contributed by atoms with Crippen LogP contribution in [-0.4, -0.2) is 36.7 Å². The summed E-state index contributed by atoms with van der Waals surface area (Å²) in [5.74, 6) is 0.848. The predicted octanol–water partition coefficient (Wildman–Crippen LogP) is 2.31. The summed E-state index contributed by atoms with van der Waals surface area (Å²) in [6.07, 6.45) is 0.804. The number of carbonyl (C=O) groups excluding carboxylic acids is 2. The second-order valence-electron chi connectivity index (χ2n) is 5.14. The molecule has 0 bridgehead atoms. The van der Waals surface area contributed by atoms with Crippen LogP contribution in [0.25, 0.3) is 0 Å². The van der Waals surface area contributed by atoms with Crippen molar-refractivity contribution in [2.45, 2.75) is 13.5 Å². The molecule has 7 nitrogen and oxygen atoms in total. The highest BCUT2D eigenvalue weighted by atomic mass is 16.6. The molecule has 0 unspecified atom stereocenters.